The predicted octanol–water partition coefficient (Wildman–Crippen LogP) is 1.68. The fourth-order valence-corrected chi connectivity index (χ4v) is 3.08. The van der Waals surface area contributed by atoms with Gasteiger partial charge in [0.1, 0.15) is 11.4 Å². The van der Waals surface area contributed by atoms with Gasteiger partial charge in [-0.25, -0.2) is 0 Å². The van der Waals surface area contributed by atoms with Crippen LogP contribution in [0, 0.1) is 15.5 Å². The number of benzene rings is 1. The van der Waals surface area contributed by atoms with Gasteiger partial charge >= 0.3 is 0 Å². The van der Waals surface area contributed by atoms with Crippen LogP contribution in [0.4, 0.5) is 11.4 Å². The van der Waals surface area contributed by atoms with Crippen LogP contribution in [-0.2, 0) is 4.79 Å². The number of nitrogens with one attached hydrogen (secondary N) is 2. The van der Waals surface area contributed by atoms with Gasteiger partial charge < -0.3 is 20.5 Å². The molecule has 0 heterocycles. The Morgan fingerprint density at radius 3 is 2.92 bits per heavy atom. The highest BCUT2D eigenvalue weighted by molar-refractivity contribution is 5.94. The lowest BCUT2D eigenvalue weighted by Gasteiger charge is -2.30. The van der Waals surface area contributed by atoms with Crippen LogP contribution in [0.25, 0.3) is 0 Å². The first-order chi connectivity index (χ1) is 11.4. The lowest BCUT2D eigenvalue weighted by Crippen LogP contribution is -2.44. The molecule has 0 bridgehead atoms. The van der Waals surface area contributed by atoms with Crippen molar-refractivity contribution in [1.29, 1.82) is 0 Å². The number of carbonyl (C=O) groups is 1. The molecule has 0 aromatic heterocycles. The van der Waals surface area contributed by atoms with E-state index in [1.54, 1.807) is 6.07 Å². The molecule has 1 aliphatic rings. The van der Waals surface area contributed by atoms with Crippen molar-refractivity contribution in [3.05, 3.63) is 28.3 Å². The van der Waals surface area contributed by atoms with E-state index in [1.165, 1.54) is 19.2 Å². The Morgan fingerprint density at radius 2 is 2.29 bits per heavy atom. The fourth-order valence-electron chi connectivity index (χ4n) is 3.08. The monoisotopic (exact) mass is 337 g/mol. The molecule has 1 fully saturated rings. The number of methoxy groups -OCH3 is 1. The molecule has 1 saturated carbocycles. The number of aliphatic hydroxyl groups is 1. The minimum atomic E-state index is -0.564. The largest absolute Gasteiger partial charge is 0.496 e. The van der Waals surface area contributed by atoms with Gasteiger partial charge in [0.25, 0.3) is 5.69 Å². The summed E-state index contributed by atoms with van der Waals surface area (Å²) in [4.78, 5) is 22.7. The third-order valence-corrected chi connectivity index (χ3v) is 4.63. The molecule has 132 valence electrons. The number of nitro benzene ring substituents is 1. The summed E-state index contributed by atoms with van der Waals surface area (Å²) in [6.07, 6.45) is 2.81. The van der Waals surface area contributed by atoms with E-state index in [4.69, 9.17) is 4.74 Å². The number of amides is 1. The van der Waals surface area contributed by atoms with Gasteiger partial charge in [-0.05, 0) is 25.0 Å². The number of nitrogens with zero attached hydrogens (tertiary/aromatic N) is 1. The third kappa shape index (κ3) is 4.01. The van der Waals surface area contributed by atoms with Crippen molar-refractivity contribution in [2.75, 3.05) is 25.6 Å². The van der Waals surface area contributed by atoms with Crippen molar-refractivity contribution in [3.63, 3.8) is 0 Å². The van der Waals surface area contributed by atoms with Gasteiger partial charge in [-0.2, -0.15) is 0 Å². The molecule has 8 nitrogen and oxygen atoms in total. The lowest BCUT2D eigenvalue weighted by atomic mass is 9.86. The van der Waals surface area contributed by atoms with Crippen LogP contribution in [0.3, 0.4) is 0 Å². The van der Waals surface area contributed by atoms with Gasteiger partial charge in [0.05, 0.1) is 24.6 Å². The zero-order valence-corrected chi connectivity index (χ0v) is 13.9. The number of aliphatic hydroxyl groups excluding tert-OH is 1. The molecule has 2 atom stereocenters. The summed E-state index contributed by atoms with van der Waals surface area (Å²) in [5.41, 5.74) is -0.320. The second kappa shape index (κ2) is 7.59. The number of ether oxygens (including phenoxy) is 1. The number of hydrogen-bond donors (Lipinski definition) is 3. The number of rotatable bonds is 7. The first kappa shape index (κ1) is 18.2. The zero-order valence-electron chi connectivity index (χ0n) is 13.9. The molecule has 1 aromatic carbocycles. The topological polar surface area (TPSA) is 114 Å². The number of nitro groups is 1. The van der Waals surface area contributed by atoms with Crippen molar-refractivity contribution in [2.24, 2.45) is 5.41 Å². The quantitative estimate of drug-likeness (QED) is 0.515. The molecule has 2 rings (SSSR count). The van der Waals surface area contributed by atoms with Gasteiger partial charge in [0.15, 0.2) is 0 Å². The Balaban J connectivity index is 1.99. The molecule has 1 amide bonds. The van der Waals surface area contributed by atoms with Gasteiger partial charge in [-0.3, -0.25) is 14.9 Å². The first-order valence-electron chi connectivity index (χ1n) is 7.86. The van der Waals surface area contributed by atoms with E-state index >= 15 is 0 Å². The average molecular weight is 337 g/mol. The number of carbonyl (C=O) groups excluding carboxylic acids is 1. The minimum Gasteiger partial charge on any atom is -0.496 e. The van der Waals surface area contributed by atoms with E-state index in [0.29, 0.717) is 5.75 Å². The van der Waals surface area contributed by atoms with Crippen molar-refractivity contribution in [1.82, 2.24) is 5.32 Å². The van der Waals surface area contributed by atoms with Crippen LogP contribution in [0.1, 0.15) is 26.2 Å². The van der Waals surface area contributed by atoms with Crippen LogP contribution >= 0.6 is 0 Å². The van der Waals surface area contributed by atoms with Crippen LogP contribution in [0.5, 0.6) is 5.75 Å². The molecule has 8 heteroatoms. The predicted molar refractivity (Wildman–Crippen MR) is 89.1 cm³/mol. The minimum absolute atomic E-state index is 0.0312. The van der Waals surface area contributed by atoms with E-state index < -0.39 is 4.92 Å². The summed E-state index contributed by atoms with van der Waals surface area (Å²) in [5, 5.41) is 26.3. The first-order valence-corrected chi connectivity index (χ1v) is 7.86. The lowest BCUT2D eigenvalue weighted by molar-refractivity contribution is -0.384. The van der Waals surface area contributed by atoms with E-state index in [9.17, 15) is 20.0 Å². The highest BCUT2D eigenvalue weighted by atomic mass is 16.6. The summed E-state index contributed by atoms with van der Waals surface area (Å²) < 4.78 is 4.96. The van der Waals surface area contributed by atoms with E-state index in [2.05, 4.69) is 10.6 Å². The van der Waals surface area contributed by atoms with Gasteiger partial charge in [-0.1, -0.05) is 13.3 Å². The van der Waals surface area contributed by atoms with Gasteiger partial charge in [0.2, 0.25) is 5.91 Å². The maximum atomic E-state index is 12.1. The smallest absolute Gasteiger partial charge is 0.296 e. The van der Waals surface area contributed by atoms with Crippen molar-refractivity contribution in [2.45, 2.75) is 32.2 Å². The Kier molecular flexibility index (Phi) is 5.74. The Morgan fingerprint density at radius 1 is 1.54 bits per heavy atom. The maximum Gasteiger partial charge on any atom is 0.296 e. The Hall–Kier alpha value is -2.19. The van der Waals surface area contributed by atoms with Crippen LogP contribution in [-0.4, -0.2) is 42.2 Å². The normalized spacial score (nSPS) is 23.0. The number of anilines is 1. The van der Waals surface area contributed by atoms with Crippen LogP contribution < -0.4 is 15.4 Å². The van der Waals surface area contributed by atoms with Crippen LogP contribution in [0.2, 0.25) is 0 Å². The summed E-state index contributed by atoms with van der Waals surface area (Å²) in [6, 6.07) is 4.32. The van der Waals surface area contributed by atoms with Gasteiger partial charge in [0, 0.05) is 18.1 Å². The summed E-state index contributed by atoms with van der Waals surface area (Å²) in [7, 11) is 1.42. The molecule has 0 aliphatic heterocycles. The molecule has 0 unspecified atom stereocenters. The molecular formula is C16H23N3O5. The van der Waals surface area contributed by atoms with Crippen LogP contribution in [0.15, 0.2) is 18.2 Å². The summed E-state index contributed by atoms with van der Waals surface area (Å²) in [6.45, 7) is 2.09. The van der Waals surface area contributed by atoms with E-state index in [0.717, 1.165) is 19.3 Å². The second-order valence-corrected chi connectivity index (χ2v) is 6.33. The second-order valence-electron chi connectivity index (χ2n) is 6.33. The standard InChI is InChI=1S/C16H23N3O5/c1-16(10-20)7-3-4-14(16)17-9-15(21)18-12-6-5-11(24-2)8-13(12)19(22)23/h5-6,8,14,17,20H,3-4,7,9-10H2,1-2H3,(H,18,21)/t14-,16-/m1/s1. The summed E-state index contributed by atoms with van der Waals surface area (Å²) >= 11 is 0. The molecule has 3 N–H and O–H groups in total. The Labute approximate surface area is 140 Å². The fraction of sp³-hybridized carbons (Fsp3) is 0.562. The molecule has 24 heavy (non-hydrogen) atoms. The maximum absolute atomic E-state index is 12.1. The van der Waals surface area contributed by atoms with Crippen molar-refractivity contribution in [3.8, 4) is 5.75 Å². The Bertz CT molecular complexity index is 622. The van der Waals surface area contributed by atoms with E-state index in [-0.39, 0.29) is 41.9 Å². The molecular weight excluding hydrogens is 314 g/mol. The average Bonchev–Trinajstić information content (AvgIpc) is 2.94. The number of hydrogen-bond acceptors (Lipinski definition) is 6. The molecule has 1 aromatic rings. The van der Waals surface area contributed by atoms with Crippen molar-refractivity contribution < 1.29 is 19.6 Å². The molecule has 1 aliphatic carbocycles. The summed E-state index contributed by atoms with van der Waals surface area (Å²) in [5.74, 6) is -0.0158. The highest BCUT2D eigenvalue weighted by Gasteiger charge is 2.38. The van der Waals surface area contributed by atoms with Crippen molar-refractivity contribution >= 4 is 17.3 Å². The van der Waals surface area contributed by atoms with E-state index in [1.807, 2.05) is 6.92 Å². The molecule has 0 radical (unpaired) electrons. The SMILES string of the molecule is COc1ccc(NC(=O)CN[C@@H]2CCC[C@]2(C)CO)c([N+](=O)[O-])c1. The third-order valence-electron chi connectivity index (χ3n) is 4.63. The highest BCUT2D eigenvalue weighted by Crippen LogP contribution is 2.37. The van der Waals surface area contributed by atoms with Gasteiger partial charge in [-0.15, -0.1) is 0 Å². The molecule has 0 saturated heterocycles. The zero-order chi connectivity index (χ0) is 17.7. The molecule has 0 spiro atoms.